The van der Waals surface area contributed by atoms with Crippen molar-refractivity contribution in [2.45, 2.75) is 30.7 Å². The van der Waals surface area contributed by atoms with E-state index >= 15 is 0 Å². The molecule has 4 rings (SSSR count). The van der Waals surface area contributed by atoms with Gasteiger partial charge in [-0.15, -0.1) is 0 Å². The SMILES string of the molecule is Cc1nc(C(=O)NS(=O)(=O)c2c(F)cccc2NC2CC2)cn1-c1cc(F)cc(F)c1. The fraction of sp³-hybridized carbons (Fsp3) is 0.200. The molecule has 0 spiro atoms. The lowest BCUT2D eigenvalue weighted by atomic mass is 10.3. The maximum absolute atomic E-state index is 14.4. The van der Waals surface area contributed by atoms with Gasteiger partial charge in [0.25, 0.3) is 15.9 Å². The second-order valence-corrected chi connectivity index (χ2v) is 8.76. The van der Waals surface area contributed by atoms with E-state index in [4.69, 9.17) is 0 Å². The van der Waals surface area contributed by atoms with E-state index in [9.17, 15) is 26.4 Å². The number of nitrogens with zero attached hydrogens (tertiary/aromatic N) is 2. The van der Waals surface area contributed by atoms with Crippen molar-refractivity contribution in [1.29, 1.82) is 0 Å². The number of benzene rings is 2. The molecule has 1 saturated carbocycles. The van der Waals surface area contributed by atoms with Crippen LogP contribution in [0.2, 0.25) is 0 Å². The number of aromatic nitrogens is 2. The van der Waals surface area contributed by atoms with Crippen molar-refractivity contribution in [1.82, 2.24) is 14.3 Å². The summed E-state index contributed by atoms with van der Waals surface area (Å²) in [5.41, 5.74) is -0.201. The first-order valence-corrected chi connectivity index (χ1v) is 10.8. The molecule has 0 aliphatic heterocycles. The molecule has 1 aliphatic carbocycles. The van der Waals surface area contributed by atoms with Gasteiger partial charge in [0.05, 0.1) is 11.4 Å². The summed E-state index contributed by atoms with van der Waals surface area (Å²) in [6.45, 7) is 1.47. The molecule has 162 valence electrons. The Kier molecular flexibility index (Phi) is 5.21. The zero-order valence-corrected chi connectivity index (χ0v) is 17.0. The Morgan fingerprint density at radius 3 is 2.45 bits per heavy atom. The quantitative estimate of drug-likeness (QED) is 0.601. The lowest BCUT2D eigenvalue weighted by Gasteiger charge is -2.13. The van der Waals surface area contributed by atoms with Crippen LogP contribution in [0.15, 0.2) is 47.5 Å². The van der Waals surface area contributed by atoms with Gasteiger partial charge in [-0.2, -0.15) is 0 Å². The van der Waals surface area contributed by atoms with Gasteiger partial charge in [-0.1, -0.05) is 6.07 Å². The van der Waals surface area contributed by atoms with Crippen LogP contribution in [-0.4, -0.2) is 29.9 Å². The van der Waals surface area contributed by atoms with Crippen LogP contribution in [-0.2, 0) is 10.0 Å². The van der Waals surface area contributed by atoms with Crippen LogP contribution in [0, 0.1) is 24.4 Å². The highest BCUT2D eigenvalue weighted by molar-refractivity contribution is 7.90. The van der Waals surface area contributed by atoms with Gasteiger partial charge in [-0.3, -0.25) is 4.79 Å². The second kappa shape index (κ2) is 7.73. The summed E-state index contributed by atoms with van der Waals surface area (Å²) >= 11 is 0. The van der Waals surface area contributed by atoms with Crippen molar-refractivity contribution in [2.24, 2.45) is 0 Å². The number of amides is 1. The monoisotopic (exact) mass is 450 g/mol. The Morgan fingerprint density at radius 2 is 1.81 bits per heavy atom. The predicted molar refractivity (Wildman–Crippen MR) is 106 cm³/mol. The van der Waals surface area contributed by atoms with Crippen LogP contribution in [0.1, 0.15) is 29.2 Å². The van der Waals surface area contributed by atoms with E-state index in [1.165, 1.54) is 23.6 Å². The third kappa shape index (κ3) is 4.41. The Labute approximate surface area is 176 Å². The third-order valence-corrected chi connectivity index (χ3v) is 6.05. The molecule has 2 aromatic carbocycles. The summed E-state index contributed by atoms with van der Waals surface area (Å²) in [7, 11) is -4.57. The van der Waals surface area contributed by atoms with E-state index in [0.29, 0.717) is 6.07 Å². The van der Waals surface area contributed by atoms with Crippen molar-refractivity contribution in [3.05, 3.63) is 71.6 Å². The highest BCUT2D eigenvalue weighted by Crippen LogP contribution is 2.30. The summed E-state index contributed by atoms with van der Waals surface area (Å²) < 4.78 is 70.0. The molecule has 1 heterocycles. The number of aryl methyl sites for hydroxylation is 1. The van der Waals surface area contributed by atoms with E-state index in [1.54, 1.807) is 0 Å². The van der Waals surface area contributed by atoms with Crippen molar-refractivity contribution in [3.63, 3.8) is 0 Å². The van der Waals surface area contributed by atoms with Gasteiger partial charge in [0, 0.05) is 18.3 Å². The molecular weight excluding hydrogens is 433 g/mol. The molecule has 3 aromatic rings. The van der Waals surface area contributed by atoms with Crippen LogP contribution in [0.25, 0.3) is 5.69 Å². The van der Waals surface area contributed by atoms with E-state index < -0.39 is 38.3 Å². The molecule has 1 fully saturated rings. The van der Waals surface area contributed by atoms with Crippen molar-refractivity contribution in [3.8, 4) is 5.69 Å². The number of carbonyl (C=O) groups excluding carboxylic acids is 1. The summed E-state index contributed by atoms with van der Waals surface area (Å²) in [5, 5.41) is 2.93. The summed E-state index contributed by atoms with van der Waals surface area (Å²) in [5.74, 6) is -3.59. The number of anilines is 1. The molecule has 1 amide bonds. The average Bonchev–Trinajstić information content (AvgIpc) is 3.38. The fourth-order valence-electron chi connectivity index (χ4n) is 3.09. The number of hydrogen-bond donors (Lipinski definition) is 2. The molecular formula is C20H17F3N4O3S. The summed E-state index contributed by atoms with van der Waals surface area (Å²) in [4.78, 5) is 15.9. The van der Waals surface area contributed by atoms with Crippen LogP contribution in [0.3, 0.4) is 0 Å². The molecule has 0 atom stereocenters. The number of carbonyl (C=O) groups is 1. The minimum atomic E-state index is -4.57. The number of sulfonamides is 1. The van der Waals surface area contributed by atoms with E-state index in [0.717, 1.165) is 37.2 Å². The summed E-state index contributed by atoms with van der Waals surface area (Å²) in [6.07, 6.45) is 2.80. The van der Waals surface area contributed by atoms with Crippen molar-refractivity contribution < 1.29 is 26.4 Å². The molecule has 0 unspecified atom stereocenters. The van der Waals surface area contributed by atoms with Crippen LogP contribution in [0.5, 0.6) is 0 Å². The van der Waals surface area contributed by atoms with E-state index in [2.05, 4.69) is 10.3 Å². The van der Waals surface area contributed by atoms with Crippen molar-refractivity contribution >= 4 is 21.6 Å². The Hall–Kier alpha value is -3.34. The summed E-state index contributed by atoms with van der Waals surface area (Å²) in [6, 6.07) is 6.57. The fourth-order valence-corrected chi connectivity index (χ4v) is 4.28. The maximum atomic E-state index is 14.4. The first-order valence-electron chi connectivity index (χ1n) is 9.29. The van der Waals surface area contributed by atoms with Crippen LogP contribution in [0.4, 0.5) is 18.9 Å². The molecule has 0 saturated heterocycles. The van der Waals surface area contributed by atoms with Crippen LogP contribution >= 0.6 is 0 Å². The van der Waals surface area contributed by atoms with Gasteiger partial charge < -0.3 is 9.88 Å². The molecule has 2 N–H and O–H groups in total. The molecule has 1 aliphatic rings. The average molecular weight is 450 g/mol. The standard InChI is InChI=1S/C20H17F3N4O3S/c1-11-24-18(10-27(11)15-8-12(21)7-13(22)9-15)20(28)26-31(29,30)19-16(23)3-2-4-17(19)25-14-5-6-14/h2-4,7-10,14,25H,5-6H2,1H3,(H,26,28). The molecule has 11 heteroatoms. The van der Waals surface area contributed by atoms with Crippen molar-refractivity contribution in [2.75, 3.05) is 5.32 Å². The Bertz CT molecular complexity index is 1270. The normalized spacial score (nSPS) is 13.8. The minimum Gasteiger partial charge on any atom is -0.381 e. The molecule has 31 heavy (non-hydrogen) atoms. The zero-order chi connectivity index (χ0) is 22.3. The van der Waals surface area contributed by atoms with Gasteiger partial charge in [0.2, 0.25) is 0 Å². The van der Waals surface area contributed by atoms with Gasteiger partial charge in [0.1, 0.15) is 33.9 Å². The Balaban J connectivity index is 1.63. The first-order chi connectivity index (χ1) is 14.6. The number of hydrogen-bond acceptors (Lipinski definition) is 5. The van der Waals surface area contributed by atoms with E-state index in [1.807, 2.05) is 4.72 Å². The van der Waals surface area contributed by atoms with Gasteiger partial charge in [0.15, 0.2) is 0 Å². The third-order valence-electron chi connectivity index (χ3n) is 4.64. The smallest absolute Gasteiger partial charge is 0.285 e. The number of imidazole rings is 1. The van der Waals surface area contributed by atoms with Gasteiger partial charge in [-0.05, 0) is 44.0 Å². The highest BCUT2D eigenvalue weighted by atomic mass is 32.2. The highest BCUT2D eigenvalue weighted by Gasteiger charge is 2.30. The number of nitrogens with one attached hydrogen (secondary N) is 2. The van der Waals surface area contributed by atoms with Gasteiger partial charge >= 0.3 is 0 Å². The predicted octanol–water partition coefficient (Wildman–Crippen LogP) is 3.29. The zero-order valence-electron chi connectivity index (χ0n) is 16.2. The second-order valence-electron chi connectivity index (χ2n) is 7.14. The molecule has 0 radical (unpaired) electrons. The molecule has 7 nitrogen and oxygen atoms in total. The Morgan fingerprint density at radius 1 is 1.13 bits per heavy atom. The first kappa shape index (κ1) is 20.9. The lowest BCUT2D eigenvalue weighted by molar-refractivity contribution is 0.0977. The molecule has 1 aromatic heterocycles. The largest absolute Gasteiger partial charge is 0.381 e. The maximum Gasteiger partial charge on any atom is 0.285 e. The number of halogens is 3. The van der Waals surface area contributed by atoms with Gasteiger partial charge in [-0.25, -0.2) is 31.3 Å². The molecule has 0 bridgehead atoms. The lowest BCUT2D eigenvalue weighted by Crippen LogP contribution is -2.32. The van der Waals surface area contributed by atoms with E-state index in [-0.39, 0.29) is 28.9 Å². The number of rotatable bonds is 6. The van der Waals surface area contributed by atoms with Crippen LogP contribution < -0.4 is 10.0 Å². The topological polar surface area (TPSA) is 93.1 Å². The minimum absolute atomic E-state index is 0.0523.